The van der Waals surface area contributed by atoms with Crippen LogP contribution in [0.4, 0.5) is 5.82 Å². The van der Waals surface area contributed by atoms with Crippen LogP contribution in [-0.4, -0.2) is 29.4 Å². The van der Waals surface area contributed by atoms with E-state index in [4.69, 9.17) is 21.1 Å². The topological polar surface area (TPSA) is 65.4 Å². The summed E-state index contributed by atoms with van der Waals surface area (Å²) in [5.74, 6) is 1.65. The number of carbonyl (C=O) groups excluding carboxylic acids is 1. The first kappa shape index (κ1) is 19.1. The zero-order valence-corrected chi connectivity index (χ0v) is 15.8. The molecule has 0 saturated heterocycles. The number of rotatable bonds is 8. The minimum absolute atomic E-state index is 0.284. The third-order valence-electron chi connectivity index (χ3n) is 3.44. The van der Waals surface area contributed by atoms with Crippen molar-refractivity contribution in [3.63, 3.8) is 0 Å². The second-order valence-electron chi connectivity index (χ2n) is 6.08. The van der Waals surface area contributed by atoms with E-state index in [-0.39, 0.29) is 5.91 Å². The third kappa shape index (κ3) is 4.89. The van der Waals surface area contributed by atoms with Crippen molar-refractivity contribution in [2.75, 3.05) is 19.0 Å². The molecular formula is C18H24ClN3O3. The minimum Gasteiger partial charge on any atom is -0.493 e. The number of aromatic nitrogens is 2. The lowest BCUT2D eigenvalue weighted by molar-refractivity contribution is 0.102. The fourth-order valence-electron chi connectivity index (χ4n) is 2.31. The number of halogens is 1. The number of ether oxygens (including phenoxy) is 2. The lowest BCUT2D eigenvalue weighted by atomic mass is 10.2. The van der Waals surface area contributed by atoms with Gasteiger partial charge >= 0.3 is 0 Å². The Bertz CT molecular complexity index is 728. The van der Waals surface area contributed by atoms with Crippen LogP contribution in [0.1, 0.15) is 37.6 Å². The van der Waals surface area contributed by atoms with E-state index in [1.54, 1.807) is 29.1 Å². The van der Waals surface area contributed by atoms with Gasteiger partial charge in [-0.2, -0.15) is 5.10 Å². The van der Waals surface area contributed by atoms with Gasteiger partial charge in [0.2, 0.25) is 0 Å². The van der Waals surface area contributed by atoms with Crippen molar-refractivity contribution < 1.29 is 14.3 Å². The molecular weight excluding hydrogens is 342 g/mol. The molecule has 0 bridgehead atoms. The lowest BCUT2D eigenvalue weighted by Gasteiger charge is -2.14. The van der Waals surface area contributed by atoms with E-state index in [1.807, 2.05) is 6.92 Å². The Morgan fingerprint density at radius 3 is 2.80 bits per heavy atom. The van der Waals surface area contributed by atoms with E-state index in [0.29, 0.717) is 40.4 Å². The number of benzene rings is 1. The van der Waals surface area contributed by atoms with Gasteiger partial charge in [0.25, 0.3) is 5.91 Å². The Hall–Kier alpha value is -2.21. The molecule has 136 valence electrons. The summed E-state index contributed by atoms with van der Waals surface area (Å²) in [6.45, 7) is 7.43. The molecule has 25 heavy (non-hydrogen) atoms. The molecule has 1 N–H and O–H groups in total. The van der Waals surface area contributed by atoms with Gasteiger partial charge in [-0.05, 0) is 24.5 Å². The summed E-state index contributed by atoms with van der Waals surface area (Å²) in [6, 6.07) is 4.96. The van der Waals surface area contributed by atoms with E-state index < -0.39 is 0 Å². The van der Waals surface area contributed by atoms with Crippen LogP contribution in [-0.2, 0) is 6.54 Å². The molecule has 0 spiro atoms. The smallest absolute Gasteiger partial charge is 0.257 e. The Morgan fingerprint density at radius 1 is 1.40 bits per heavy atom. The lowest BCUT2D eigenvalue weighted by Crippen LogP contribution is -2.17. The number of nitrogens with one attached hydrogen (secondary N) is 1. The Kier molecular flexibility index (Phi) is 6.70. The van der Waals surface area contributed by atoms with Gasteiger partial charge in [-0.3, -0.25) is 4.79 Å². The Labute approximate surface area is 153 Å². The predicted molar refractivity (Wildman–Crippen MR) is 98.8 cm³/mol. The van der Waals surface area contributed by atoms with E-state index in [1.165, 1.54) is 7.11 Å². The summed E-state index contributed by atoms with van der Waals surface area (Å²) in [6.07, 6.45) is 2.51. The zero-order chi connectivity index (χ0) is 18.4. The molecule has 0 aliphatic carbocycles. The Balaban J connectivity index is 2.22. The number of hydrogen-bond acceptors (Lipinski definition) is 4. The molecule has 2 rings (SSSR count). The van der Waals surface area contributed by atoms with Crippen LogP contribution in [0.2, 0.25) is 5.02 Å². The maximum absolute atomic E-state index is 12.6. The van der Waals surface area contributed by atoms with Crippen LogP contribution in [0.15, 0.2) is 24.4 Å². The number of anilines is 1. The average Bonchev–Trinajstić information content (AvgIpc) is 2.99. The van der Waals surface area contributed by atoms with Gasteiger partial charge in [0.05, 0.1) is 24.9 Å². The van der Waals surface area contributed by atoms with Crippen molar-refractivity contribution >= 4 is 23.3 Å². The highest BCUT2D eigenvalue weighted by Crippen LogP contribution is 2.36. The number of methoxy groups -OCH3 is 1. The number of carbonyl (C=O) groups is 1. The molecule has 6 nitrogen and oxygen atoms in total. The predicted octanol–water partition coefficient (Wildman–Crippen LogP) is 4.24. The minimum atomic E-state index is -0.284. The van der Waals surface area contributed by atoms with Crippen LogP contribution < -0.4 is 14.8 Å². The second-order valence-corrected chi connectivity index (χ2v) is 6.49. The van der Waals surface area contributed by atoms with Crippen LogP contribution in [0, 0.1) is 5.92 Å². The highest BCUT2D eigenvalue weighted by atomic mass is 35.5. The van der Waals surface area contributed by atoms with Gasteiger partial charge in [0.15, 0.2) is 11.5 Å². The molecule has 1 heterocycles. The van der Waals surface area contributed by atoms with Crippen molar-refractivity contribution in [3.05, 3.63) is 35.0 Å². The van der Waals surface area contributed by atoms with Gasteiger partial charge in [-0.25, -0.2) is 4.68 Å². The first-order valence-electron chi connectivity index (χ1n) is 8.29. The number of hydrogen-bond donors (Lipinski definition) is 1. The maximum atomic E-state index is 12.6. The van der Waals surface area contributed by atoms with Crippen molar-refractivity contribution in [2.45, 2.75) is 33.7 Å². The van der Waals surface area contributed by atoms with Crippen molar-refractivity contribution in [1.82, 2.24) is 9.78 Å². The van der Waals surface area contributed by atoms with Crippen LogP contribution in [0.25, 0.3) is 0 Å². The molecule has 1 aromatic heterocycles. The van der Waals surface area contributed by atoms with Crippen LogP contribution in [0.5, 0.6) is 11.5 Å². The fraction of sp³-hybridized carbons (Fsp3) is 0.444. The van der Waals surface area contributed by atoms with Gasteiger partial charge in [-0.15, -0.1) is 0 Å². The summed E-state index contributed by atoms with van der Waals surface area (Å²) in [5.41, 5.74) is 0.392. The maximum Gasteiger partial charge on any atom is 0.257 e. The highest BCUT2D eigenvalue weighted by molar-refractivity contribution is 6.32. The molecule has 0 aliphatic heterocycles. The van der Waals surface area contributed by atoms with E-state index in [0.717, 1.165) is 13.0 Å². The van der Waals surface area contributed by atoms with E-state index in [9.17, 15) is 4.79 Å². The monoisotopic (exact) mass is 365 g/mol. The van der Waals surface area contributed by atoms with Gasteiger partial charge in [-0.1, -0.05) is 32.4 Å². The number of amides is 1. The first-order chi connectivity index (χ1) is 12.0. The molecule has 2 aromatic rings. The zero-order valence-electron chi connectivity index (χ0n) is 15.0. The van der Waals surface area contributed by atoms with Crippen molar-refractivity contribution in [2.24, 2.45) is 5.92 Å². The van der Waals surface area contributed by atoms with E-state index >= 15 is 0 Å². The summed E-state index contributed by atoms with van der Waals surface area (Å²) >= 11 is 6.27. The van der Waals surface area contributed by atoms with Gasteiger partial charge < -0.3 is 14.8 Å². The molecule has 0 unspecified atom stereocenters. The summed E-state index contributed by atoms with van der Waals surface area (Å²) in [7, 11) is 1.52. The van der Waals surface area contributed by atoms with Gasteiger partial charge in [0, 0.05) is 18.2 Å². The molecule has 1 aromatic carbocycles. The van der Waals surface area contributed by atoms with Gasteiger partial charge in [0.1, 0.15) is 5.82 Å². The molecule has 7 heteroatoms. The molecule has 0 fully saturated rings. The number of nitrogens with zero attached hydrogens (tertiary/aromatic N) is 2. The van der Waals surface area contributed by atoms with Crippen molar-refractivity contribution in [1.29, 1.82) is 0 Å². The largest absolute Gasteiger partial charge is 0.493 e. The second kappa shape index (κ2) is 8.76. The standard InChI is InChI=1S/C18H24ClN3O3/c1-5-8-25-17-14(19)9-13(10-15(17)24-4)18(23)21-16-6-7-20-22(16)11-12(2)3/h6-7,9-10,12H,5,8,11H2,1-4H3,(H,21,23). The molecule has 0 saturated carbocycles. The molecule has 0 atom stereocenters. The normalized spacial score (nSPS) is 10.8. The average molecular weight is 366 g/mol. The van der Waals surface area contributed by atoms with Crippen molar-refractivity contribution in [3.8, 4) is 11.5 Å². The van der Waals surface area contributed by atoms with Crippen LogP contribution in [0.3, 0.4) is 0 Å². The molecule has 1 amide bonds. The quantitative estimate of drug-likeness (QED) is 0.759. The highest BCUT2D eigenvalue weighted by Gasteiger charge is 2.17. The molecule has 0 aliphatic rings. The summed E-state index contributed by atoms with van der Waals surface area (Å²) in [4.78, 5) is 12.6. The third-order valence-corrected chi connectivity index (χ3v) is 3.72. The summed E-state index contributed by atoms with van der Waals surface area (Å²) in [5, 5.41) is 7.43. The molecule has 0 radical (unpaired) electrons. The first-order valence-corrected chi connectivity index (χ1v) is 8.67. The fourth-order valence-corrected chi connectivity index (χ4v) is 2.58. The van der Waals surface area contributed by atoms with Crippen LogP contribution >= 0.6 is 11.6 Å². The Morgan fingerprint density at radius 2 is 2.16 bits per heavy atom. The summed E-state index contributed by atoms with van der Waals surface area (Å²) < 4.78 is 12.7. The SMILES string of the molecule is CCCOc1c(Cl)cc(C(=O)Nc2ccnn2CC(C)C)cc1OC. The van der Waals surface area contributed by atoms with E-state index in [2.05, 4.69) is 24.3 Å².